The monoisotopic (exact) mass is 522 g/mol. The van der Waals surface area contributed by atoms with Gasteiger partial charge in [-0.1, -0.05) is 75.4 Å². The van der Waals surface area contributed by atoms with Gasteiger partial charge >= 0.3 is 0 Å². The van der Waals surface area contributed by atoms with Crippen LogP contribution in [-0.4, -0.2) is 40.7 Å². The van der Waals surface area contributed by atoms with Crippen LogP contribution in [0.4, 0.5) is 0 Å². The Morgan fingerprint density at radius 3 is 2.39 bits per heavy atom. The zero-order chi connectivity index (χ0) is 26.4. The molecule has 38 heavy (non-hydrogen) atoms. The second-order valence-electron chi connectivity index (χ2n) is 11.6. The highest BCUT2D eigenvalue weighted by atomic mass is 32.1. The van der Waals surface area contributed by atoms with Gasteiger partial charge in [0.1, 0.15) is 6.54 Å². The molecule has 0 bridgehead atoms. The van der Waals surface area contributed by atoms with Gasteiger partial charge in [-0.3, -0.25) is 9.59 Å². The Bertz CT molecular complexity index is 1490. The summed E-state index contributed by atoms with van der Waals surface area (Å²) < 4.78 is 0. The van der Waals surface area contributed by atoms with Crippen molar-refractivity contribution in [3.8, 4) is 0 Å². The van der Waals surface area contributed by atoms with Crippen molar-refractivity contribution >= 4 is 33.9 Å². The van der Waals surface area contributed by atoms with Crippen LogP contribution in [0.2, 0.25) is 0 Å². The Balaban J connectivity index is 1.28. The van der Waals surface area contributed by atoms with Crippen LogP contribution < -0.4 is 0 Å². The highest BCUT2D eigenvalue weighted by Crippen LogP contribution is 2.39. The average molecular weight is 523 g/mol. The number of nitrogens with zero attached hydrogens (tertiary/aromatic N) is 2. The summed E-state index contributed by atoms with van der Waals surface area (Å²) in [5.41, 5.74) is 4.35. The minimum absolute atomic E-state index is 0.0211. The molecule has 3 aromatic carbocycles. The van der Waals surface area contributed by atoms with Crippen molar-refractivity contribution in [3.63, 3.8) is 0 Å². The number of benzene rings is 3. The largest absolute Gasteiger partial charge is 0.330 e. The first-order valence-electron chi connectivity index (χ1n) is 13.6. The van der Waals surface area contributed by atoms with Gasteiger partial charge in [-0.05, 0) is 75.7 Å². The van der Waals surface area contributed by atoms with Crippen molar-refractivity contribution in [3.05, 3.63) is 105 Å². The topological polar surface area (TPSA) is 40.6 Å². The summed E-state index contributed by atoms with van der Waals surface area (Å²) in [4.78, 5) is 32.8. The molecule has 6 rings (SSSR count). The standard InChI is InChI=1S/C33H34N2O2S/c1-33(2,3)26-12-10-23(11-13-26)31-28-17-19-38-29(28)16-18-34(31)30(36)21-35(27-14-15-27)32(37)25-9-8-22-6-4-5-7-24(22)20-25/h4-13,17,19-20,27,31H,14-16,18,21H2,1-3H3. The van der Waals surface area contributed by atoms with E-state index in [0.717, 1.165) is 35.6 Å². The number of carbonyl (C=O) groups excluding carboxylic acids is 2. The lowest BCUT2D eigenvalue weighted by atomic mass is 9.85. The minimum Gasteiger partial charge on any atom is -0.330 e. The predicted molar refractivity (Wildman–Crippen MR) is 155 cm³/mol. The van der Waals surface area contributed by atoms with E-state index in [2.05, 4.69) is 62.5 Å². The maximum absolute atomic E-state index is 14.0. The number of carbonyl (C=O) groups is 2. The van der Waals surface area contributed by atoms with Gasteiger partial charge in [0.2, 0.25) is 5.91 Å². The van der Waals surface area contributed by atoms with E-state index in [0.29, 0.717) is 12.1 Å². The summed E-state index contributed by atoms with van der Waals surface area (Å²) in [6, 6.07) is 24.8. The van der Waals surface area contributed by atoms with Gasteiger partial charge in [0, 0.05) is 23.0 Å². The van der Waals surface area contributed by atoms with Gasteiger partial charge in [0.25, 0.3) is 5.91 Å². The summed E-state index contributed by atoms with van der Waals surface area (Å²) >= 11 is 1.77. The van der Waals surface area contributed by atoms with E-state index in [-0.39, 0.29) is 35.9 Å². The maximum Gasteiger partial charge on any atom is 0.254 e. The Hall–Kier alpha value is -3.44. The van der Waals surface area contributed by atoms with Gasteiger partial charge in [-0.25, -0.2) is 0 Å². The fourth-order valence-corrected chi connectivity index (χ4v) is 6.49. The fraction of sp³-hybridized carbons (Fsp3) is 0.333. The molecule has 2 amide bonds. The van der Waals surface area contributed by atoms with Crippen molar-refractivity contribution in [2.75, 3.05) is 13.1 Å². The molecule has 1 aromatic heterocycles. The molecule has 0 spiro atoms. The van der Waals surface area contributed by atoms with Gasteiger partial charge in [0.05, 0.1) is 6.04 Å². The van der Waals surface area contributed by atoms with Crippen LogP contribution in [0.5, 0.6) is 0 Å². The number of amides is 2. The van der Waals surface area contributed by atoms with Gasteiger partial charge < -0.3 is 9.80 Å². The predicted octanol–water partition coefficient (Wildman–Crippen LogP) is 6.98. The van der Waals surface area contributed by atoms with E-state index >= 15 is 0 Å². The third kappa shape index (κ3) is 4.76. The highest BCUT2D eigenvalue weighted by molar-refractivity contribution is 7.10. The molecule has 2 aliphatic rings. The number of fused-ring (bicyclic) bond motifs is 2. The van der Waals surface area contributed by atoms with E-state index in [9.17, 15) is 9.59 Å². The summed E-state index contributed by atoms with van der Waals surface area (Å²) in [5.74, 6) is -0.0290. The van der Waals surface area contributed by atoms with Crippen LogP contribution in [-0.2, 0) is 16.6 Å². The van der Waals surface area contributed by atoms with Crippen LogP contribution >= 0.6 is 11.3 Å². The fourth-order valence-electron chi connectivity index (χ4n) is 5.59. The lowest BCUT2D eigenvalue weighted by molar-refractivity contribution is -0.134. The van der Waals surface area contributed by atoms with Crippen molar-refractivity contribution < 1.29 is 9.59 Å². The van der Waals surface area contributed by atoms with Crippen LogP contribution in [0.1, 0.15) is 71.6 Å². The van der Waals surface area contributed by atoms with Crippen LogP contribution in [0.25, 0.3) is 10.8 Å². The van der Waals surface area contributed by atoms with E-state index in [4.69, 9.17) is 0 Å². The number of hydrogen-bond donors (Lipinski definition) is 0. The second-order valence-corrected chi connectivity index (χ2v) is 12.6. The SMILES string of the molecule is CC(C)(C)c1ccc(C2c3ccsc3CCN2C(=O)CN(C(=O)c2ccc3ccccc3c2)C2CC2)cc1. The molecular formula is C33H34N2O2S. The second kappa shape index (κ2) is 9.70. The molecule has 5 heteroatoms. The Morgan fingerprint density at radius 1 is 0.947 bits per heavy atom. The maximum atomic E-state index is 14.0. The lowest BCUT2D eigenvalue weighted by Gasteiger charge is -2.38. The summed E-state index contributed by atoms with van der Waals surface area (Å²) in [5, 5.41) is 4.29. The highest BCUT2D eigenvalue weighted by Gasteiger charge is 2.38. The van der Waals surface area contributed by atoms with E-state index in [1.165, 1.54) is 16.0 Å². The molecule has 1 aliphatic heterocycles. The van der Waals surface area contributed by atoms with Crippen molar-refractivity contribution in [1.29, 1.82) is 0 Å². The molecule has 1 saturated carbocycles. The summed E-state index contributed by atoms with van der Waals surface area (Å²) in [6.07, 6.45) is 2.77. The van der Waals surface area contributed by atoms with Crippen molar-refractivity contribution in [2.24, 2.45) is 0 Å². The number of thiophene rings is 1. The number of rotatable bonds is 5. The Kier molecular flexibility index (Phi) is 6.35. The molecular weight excluding hydrogens is 488 g/mol. The molecule has 0 radical (unpaired) electrons. The van der Waals surface area contributed by atoms with Gasteiger partial charge in [-0.15, -0.1) is 11.3 Å². The molecule has 4 nitrogen and oxygen atoms in total. The molecule has 4 aromatic rings. The van der Waals surface area contributed by atoms with E-state index in [1.807, 2.05) is 46.2 Å². The Labute approximate surface area is 228 Å². The molecule has 0 saturated heterocycles. The van der Waals surface area contributed by atoms with Gasteiger partial charge in [-0.2, -0.15) is 0 Å². The molecule has 1 unspecified atom stereocenters. The normalized spacial score (nSPS) is 17.3. The van der Waals surface area contributed by atoms with Crippen LogP contribution in [0.15, 0.2) is 78.2 Å². The first-order valence-corrected chi connectivity index (χ1v) is 14.4. The smallest absolute Gasteiger partial charge is 0.254 e. The molecule has 1 atom stereocenters. The minimum atomic E-state index is -0.122. The molecule has 2 heterocycles. The van der Waals surface area contributed by atoms with Crippen LogP contribution in [0, 0.1) is 0 Å². The first-order chi connectivity index (χ1) is 18.3. The zero-order valence-corrected chi connectivity index (χ0v) is 23.1. The molecule has 194 valence electrons. The van der Waals surface area contributed by atoms with E-state index < -0.39 is 0 Å². The third-order valence-electron chi connectivity index (χ3n) is 7.93. The van der Waals surface area contributed by atoms with E-state index in [1.54, 1.807) is 11.3 Å². The lowest BCUT2D eigenvalue weighted by Crippen LogP contribution is -2.47. The zero-order valence-electron chi connectivity index (χ0n) is 22.3. The molecule has 1 aliphatic carbocycles. The first kappa shape index (κ1) is 24.9. The van der Waals surface area contributed by atoms with Gasteiger partial charge in [0.15, 0.2) is 0 Å². The molecule has 0 N–H and O–H groups in total. The number of hydrogen-bond acceptors (Lipinski definition) is 3. The van der Waals surface area contributed by atoms with Crippen molar-refractivity contribution in [1.82, 2.24) is 9.80 Å². The average Bonchev–Trinajstić information content (AvgIpc) is 3.65. The summed E-state index contributed by atoms with van der Waals surface area (Å²) in [7, 11) is 0. The Morgan fingerprint density at radius 2 is 1.68 bits per heavy atom. The van der Waals surface area contributed by atoms with Crippen LogP contribution in [0.3, 0.4) is 0 Å². The third-order valence-corrected chi connectivity index (χ3v) is 8.93. The van der Waals surface area contributed by atoms with Crippen molar-refractivity contribution in [2.45, 2.75) is 57.5 Å². The summed E-state index contributed by atoms with van der Waals surface area (Å²) in [6.45, 7) is 7.43. The quantitative estimate of drug-likeness (QED) is 0.284. The molecule has 1 fully saturated rings.